The summed E-state index contributed by atoms with van der Waals surface area (Å²) in [5.41, 5.74) is 0.807. The van der Waals surface area contributed by atoms with E-state index in [-0.39, 0.29) is 12.0 Å². The van der Waals surface area contributed by atoms with Gasteiger partial charge in [0.1, 0.15) is 12.4 Å². The number of ether oxygens (including phenoxy) is 2. The predicted molar refractivity (Wildman–Crippen MR) is 92.4 cm³/mol. The van der Waals surface area contributed by atoms with Crippen LogP contribution in [0.2, 0.25) is 0 Å². The molecule has 1 atom stereocenters. The third-order valence-electron chi connectivity index (χ3n) is 3.18. The predicted octanol–water partition coefficient (Wildman–Crippen LogP) is 3.11. The van der Waals surface area contributed by atoms with Gasteiger partial charge in [0, 0.05) is 11.5 Å². The van der Waals surface area contributed by atoms with Crippen molar-refractivity contribution in [3.8, 4) is 5.75 Å². The second kappa shape index (κ2) is 9.06. The summed E-state index contributed by atoms with van der Waals surface area (Å²) in [4.78, 5) is 11.8. The van der Waals surface area contributed by atoms with Gasteiger partial charge in [0.05, 0.1) is 18.6 Å². The Kier molecular flexibility index (Phi) is 7.76. The maximum atomic E-state index is 11.8. The Hall–Kier alpha value is -1.20. The van der Waals surface area contributed by atoms with Gasteiger partial charge in [0.15, 0.2) is 0 Å². The zero-order chi connectivity index (χ0) is 16.6. The number of hydrogen-bond acceptors (Lipinski definition) is 5. The molecule has 0 bridgehead atoms. The SMILES string of the molecule is CN[C@H](COC(=O)C(C)(C)C)CSCc1ccc(OC)cc1. The second-order valence-corrected chi connectivity index (χ2v) is 7.23. The Balaban J connectivity index is 2.32. The smallest absolute Gasteiger partial charge is 0.311 e. The fourth-order valence-corrected chi connectivity index (χ4v) is 2.74. The van der Waals surface area contributed by atoms with Gasteiger partial charge >= 0.3 is 5.97 Å². The minimum atomic E-state index is -0.450. The lowest BCUT2D eigenvalue weighted by molar-refractivity contribution is -0.153. The molecule has 0 saturated carbocycles. The number of benzene rings is 1. The van der Waals surface area contributed by atoms with Crippen molar-refractivity contribution in [3.05, 3.63) is 29.8 Å². The van der Waals surface area contributed by atoms with E-state index in [1.807, 2.05) is 51.7 Å². The van der Waals surface area contributed by atoms with Gasteiger partial charge in [-0.05, 0) is 45.5 Å². The lowest BCUT2D eigenvalue weighted by Gasteiger charge is -2.20. The van der Waals surface area contributed by atoms with Crippen LogP contribution < -0.4 is 10.1 Å². The van der Waals surface area contributed by atoms with Crippen molar-refractivity contribution in [2.24, 2.45) is 5.41 Å². The summed E-state index contributed by atoms with van der Waals surface area (Å²) in [5, 5.41) is 3.20. The topological polar surface area (TPSA) is 47.6 Å². The van der Waals surface area contributed by atoms with Crippen LogP contribution in [0.4, 0.5) is 0 Å². The van der Waals surface area contributed by atoms with Crippen LogP contribution in [0.5, 0.6) is 5.75 Å². The van der Waals surface area contributed by atoms with Crippen molar-refractivity contribution >= 4 is 17.7 Å². The van der Waals surface area contributed by atoms with Gasteiger partial charge in [0.2, 0.25) is 0 Å². The first kappa shape index (κ1) is 18.8. The van der Waals surface area contributed by atoms with Crippen molar-refractivity contribution in [1.82, 2.24) is 5.32 Å². The van der Waals surface area contributed by atoms with Gasteiger partial charge in [-0.1, -0.05) is 12.1 Å². The monoisotopic (exact) mass is 325 g/mol. The molecule has 0 heterocycles. The van der Waals surface area contributed by atoms with Crippen LogP contribution >= 0.6 is 11.8 Å². The Morgan fingerprint density at radius 2 is 1.91 bits per heavy atom. The molecule has 1 N–H and O–H groups in total. The Bertz CT molecular complexity index is 454. The van der Waals surface area contributed by atoms with Crippen LogP contribution in [0, 0.1) is 5.41 Å². The van der Waals surface area contributed by atoms with E-state index in [2.05, 4.69) is 17.4 Å². The highest BCUT2D eigenvalue weighted by molar-refractivity contribution is 7.98. The lowest BCUT2D eigenvalue weighted by Crippen LogP contribution is -2.35. The van der Waals surface area contributed by atoms with Gasteiger partial charge in [-0.2, -0.15) is 11.8 Å². The average molecular weight is 325 g/mol. The van der Waals surface area contributed by atoms with Gasteiger partial charge in [-0.3, -0.25) is 4.79 Å². The largest absolute Gasteiger partial charge is 0.497 e. The molecule has 1 rings (SSSR count). The van der Waals surface area contributed by atoms with Crippen molar-refractivity contribution in [3.63, 3.8) is 0 Å². The highest BCUT2D eigenvalue weighted by Gasteiger charge is 2.23. The van der Waals surface area contributed by atoms with E-state index in [9.17, 15) is 4.79 Å². The number of esters is 1. The molecule has 0 radical (unpaired) electrons. The summed E-state index contributed by atoms with van der Waals surface area (Å²) < 4.78 is 10.5. The molecule has 0 aromatic heterocycles. The summed E-state index contributed by atoms with van der Waals surface area (Å²) in [6.45, 7) is 5.99. The van der Waals surface area contributed by atoms with E-state index in [1.165, 1.54) is 5.56 Å². The van der Waals surface area contributed by atoms with E-state index in [4.69, 9.17) is 9.47 Å². The van der Waals surface area contributed by atoms with E-state index >= 15 is 0 Å². The van der Waals surface area contributed by atoms with Crippen LogP contribution in [0.15, 0.2) is 24.3 Å². The number of hydrogen-bond donors (Lipinski definition) is 1. The zero-order valence-corrected chi connectivity index (χ0v) is 15.0. The number of nitrogens with one attached hydrogen (secondary N) is 1. The first-order chi connectivity index (χ1) is 10.4. The molecule has 124 valence electrons. The first-order valence-corrected chi connectivity index (χ1v) is 8.57. The standard InChI is InChI=1S/C17H27NO3S/c1-17(2,3)16(19)21-10-14(18-4)12-22-11-13-6-8-15(20-5)9-7-13/h6-9,14,18H,10-12H2,1-5H3/t14-/m1/s1. The maximum absolute atomic E-state index is 11.8. The number of carbonyl (C=O) groups is 1. The summed E-state index contributed by atoms with van der Waals surface area (Å²) in [7, 11) is 3.56. The molecule has 0 fully saturated rings. The molecule has 0 aliphatic rings. The second-order valence-electron chi connectivity index (χ2n) is 6.20. The van der Waals surface area contributed by atoms with Crippen LogP contribution in [0.25, 0.3) is 0 Å². The van der Waals surface area contributed by atoms with Gasteiger partial charge in [-0.15, -0.1) is 0 Å². The minimum Gasteiger partial charge on any atom is -0.497 e. The third-order valence-corrected chi connectivity index (χ3v) is 4.36. The molecule has 0 amide bonds. The van der Waals surface area contributed by atoms with Crippen molar-refractivity contribution in [2.75, 3.05) is 26.5 Å². The number of thioether (sulfide) groups is 1. The summed E-state index contributed by atoms with van der Waals surface area (Å²) in [5.74, 6) is 2.53. The van der Waals surface area contributed by atoms with E-state index in [1.54, 1.807) is 7.11 Å². The quantitative estimate of drug-likeness (QED) is 0.744. The third kappa shape index (κ3) is 6.71. The summed E-state index contributed by atoms with van der Waals surface area (Å²) >= 11 is 1.82. The molecular formula is C17H27NO3S. The first-order valence-electron chi connectivity index (χ1n) is 7.42. The molecule has 1 aromatic rings. The molecule has 0 unspecified atom stereocenters. The number of carbonyl (C=O) groups excluding carboxylic acids is 1. The zero-order valence-electron chi connectivity index (χ0n) is 14.1. The number of rotatable bonds is 8. The van der Waals surface area contributed by atoms with Gasteiger partial charge in [0.25, 0.3) is 0 Å². The van der Waals surface area contributed by atoms with Crippen LogP contribution in [-0.2, 0) is 15.3 Å². The average Bonchev–Trinajstić information content (AvgIpc) is 2.50. The normalized spacial score (nSPS) is 12.8. The summed E-state index contributed by atoms with van der Waals surface area (Å²) in [6.07, 6.45) is 0. The van der Waals surface area contributed by atoms with Crippen molar-refractivity contribution in [2.45, 2.75) is 32.6 Å². The fraction of sp³-hybridized carbons (Fsp3) is 0.588. The maximum Gasteiger partial charge on any atom is 0.311 e. The molecule has 5 heteroatoms. The van der Waals surface area contributed by atoms with Crippen molar-refractivity contribution in [1.29, 1.82) is 0 Å². The van der Waals surface area contributed by atoms with Crippen molar-refractivity contribution < 1.29 is 14.3 Å². The van der Waals surface area contributed by atoms with E-state index in [0.717, 1.165) is 17.3 Å². The molecule has 0 saturated heterocycles. The fourth-order valence-electron chi connectivity index (χ4n) is 1.65. The molecule has 0 aliphatic carbocycles. The summed E-state index contributed by atoms with van der Waals surface area (Å²) in [6, 6.07) is 8.24. The Labute approximate surface area is 138 Å². The molecule has 0 aliphatic heterocycles. The van der Waals surface area contributed by atoms with Crippen LogP contribution in [0.1, 0.15) is 26.3 Å². The highest BCUT2D eigenvalue weighted by atomic mass is 32.2. The van der Waals surface area contributed by atoms with Crippen LogP contribution in [-0.4, -0.2) is 38.5 Å². The van der Waals surface area contributed by atoms with E-state index in [0.29, 0.717) is 6.61 Å². The number of methoxy groups -OCH3 is 1. The molecular weight excluding hydrogens is 298 g/mol. The Morgan fingerprint density at radius 1 is 1.27 bits per heavy atom. The Morgan fingerprint density at radius 3 is 2.41 bits per heavy atom. The minimum absolute atomic E-state index is 0.159. The van der Waals surface area contributed by atoms with E-state index < -0.39 is 5.41 Å². The van der Waals surface area contributed by atoms with Gasteiger partial charge in [-0.25, -0.2) is 0 Å². The van der Waals surface area contributed by atoms with Crippen LogP contribution in [0.3, 0.4) is 0 Å². The van der Waals surface area contributed by atoms with Gasteiger partial charge < -0.3 is 14.8 Å². The molecule has 0 spiro atoms. The lowest BCUT2D eigenvalue weighted by atomic mass is 9.97. The highest BCUT2D eigenvalue weighted by Crippen LogP contribution is 2.18. The number of likely N-dealkylation sites (N-methyl/N-ethyl adjacent to an activating group) is 1. The molecule has 4 nitrogen and oxygen atoms in total. The molecule has 1 aromatic carbocycles. The molecule has 22 heavy (non-hydrogen) atoms.